The minimum Gasteiger partial charge on any atom is -0.475 e. The van der Waals surface area contributed by atoms with Crippen molar-refractivity contribution in [1.29, 1.82) is 0 Å². The lowest BCUT2D eigenvalue weighted by atomic mass is 9.85. The van der Waals surface area contributed by atoms with Gasteiger partial charge in [-0.25, -0.2) is 22.9 Å². The molecule has 1 saturated heterocycles. The predicted molar refractivity (Wildman–Crippen MR) is 103 cm³/mol. The predicted octanol–water partition coefficient (Wildman–Crippen LogP) is 3.51. The van der Waals surface area contributed by atoms with Gasteiger partial charge in [-0.2, -0.15) is 26.3 Å². The van der Waals surface area contributed by atoms with Crippen molar-refractivity contribution in [3.63, 3.8) is 0 Å². The highest BCUT2D eigenvalue weighted by atomic mass is 19.4. The Balaban J connectivity index is 0.000000454. The van der Waals surface area contributed by atoms with Crippen molar-refractivity contribution >= 4 is 17.4 Å². The Morgan fingerprint density at radius 3 is 2.17 bits per heavy atom. The fourth-order valence-corrected chi connectivity index (χ4v) is 3.46. The smallest absolute Gasteiger partial charge is 0.475 e. The van der Waals surface area contributed by atoms with Gasteiger partial charge in [0.25, 0.3) is 5.82 Å². The summed E-state index contributed by atoms with van der Waals surface area (Å²) in [5, 5.41) is 14.5. The van der Waals surface area contributed by atoms with E-state index >= 15 is 0 Å². The molecule has 17 heteroatoms. The van der Waals surface area contributed by atoms with Crippen LogP contribution in [0.2, 0.25) is 0 Å². The third-order valence-corrected chi connectivity index (χ3v) is 5.11. The van der Waals surface area contributed by atoms with E-state index in [2.05, 4.69) is 15.2 Å². The molecule has 3 N–H and O–H groups in total. The lowest BCUT2D eigenvalue weighted by Crippen LogP contribution is -2.48. The van der Waals surface area contributed by atoms with E-state index in [0.717, 1.165) is 10.7 Å². The van der Waals surface area contributed by atoms with E-state index in [0.29, 0.717) is 24.8 Å². The second-order valence-electron chi connectivity index (χ2n) is 7.57. The normalized spacial score (nSPS) is 18.7. The van der Waals surface area contributed by atoms with Crippen molar-refractivity contribution < 1.29 is 49.4 Å². The average molecular weight is 530 g/mol. The number of nitrogens with zero attached hydrogens (tertiary/aromatic N) is 5. The van der Waals surface area contributed by atoms with Crippen molar-refractivity contribution in [1.82, 2.24) is 19.8 Å². The van der Waals surface area contributed by atoms with Crippen molar-refractivity contribution in [2.45, 2.75) is 30.7 Å². The number of fused-ring (bicyclic) bond motifs is 1. The number of carboxylic acid groups (broad SMARTS) is 1. The maximum atomic E-state index is 14.1. The van der Waals surface area contributed by atoms with Gasteiger partial charge in [0.15, 0.2) is 23.1 Å². The number of alkyl halides is 6. The maximum absolute atomic E-state index is 14.1. The van der Waals surface area contributed by atoms with Crippen LogP contribution in [0, 0.1) is 17.5 Å². The number of hydrogen-bond acceptors (Lipinski definition) is 6. The van der Waals surface area contributed by atoms with E-state index in [4.69, 9.17) is 15.6 Å². The Morgan fingerprint density at radius 1 is 1.00 bits per heavy atom. The Morgan fingerprint density at radius 2 is 1.61 bits per heavy atom. The van der Waals surface area contributed by atoms with Crippen LogP contribution in [0.15, 0.2) is 24.3 Å². The van der Waals surface area contributed by atoms with Gasteiger partial charge < -0.3 is 15.7 Å². The van der Waals surface area contributed by atoms with Gasteiger partial charge in [-0.1, -0.05) is 0 Å². The van der Waals surface area contributed by atoms with Crippen LogP contribution in [-0.4, -0.2) is 56.2 Å². The topological polar surface area (TPSA) is 110 Å². The van der Waals surface area contributed by atoms with Gasteiger partial charge in [-0.15, -0.1) is 14.8 Å². The Hall–Kier alpha value is -3.63. The van der Waals surface area contributed by atoms with E-state index in [9.17, 15) is 39.5 Å². The van der Waals surface area contributed by atoms with Crippen LogP contribution in [-0.2, 0) is 11.0 Å². The fraction of sp³-hybridized carbons (Fsp3) is 0.368. The average Bonchev–Trinajstić information content (AvgIpc) is 3.20. The summed E-state index contributed by atoms with van der Waals surface area (Å²) in [6.45, 7) is 0.512. The Labute approximate surface area is 195 Å². The SMILES string of the molecule is N[C@H]1CN(c2ccc3nc(C(F)(F)F)nn3n2)CC[C@@H]1c1cc(F)c(F)cc1F.O=C(O)C(F)(F)F. The number of benzene rings is 1. The summed E-state index contributed by atoms with van der Waals surface area (Å²) < 4.78 is 112. The van der Waals surface area contributed by atoms with Crippen LogP contribution < -0.4 is 10.6 Å². The lowest BCUT2D eigenvalue weighted by molar-refractivity contribution is -0.192. The van der Waals surface area contributed by atoms with E-state index in [-0.39, 0.29) is 17.8 Å². The van der Waals surface area contributed by atoms with E-state index in [1.165, 1.54) is 12.1 Å². The van der Waals surface area contributed by atoms with Crippen LogP contribution in [0.5, 0.6) is 0 Å². The molecule has 1 aromatic carbocycles. The third kappa shape index (κ3) is 5.95. The first-order chi connectivity index (χ1) is 16.6. The summed E-state index contributed by atoms with van der Waals surface area (Å²) in [5.41, 5.74) is 6.06. The first kappa shape index (κ1) is 27.0. The van der Waals surface area contributed by atoms with Crippen LogP contribution in [0.25, 0.3) is 5.65 Å². The number of aromatic nitrogens is 4. The number of nitrogens with two attached hydrogens (primary N) is 1. The highest BCUT2D eigenvalue weighted by molar-refractivity contribution is 5.73. The summed E-state index contributed by atoms with van der Waals surface area (Å²) >= 11 is 0. The number of anilines is 1. The van der Waals surface area contributed by atoms with Gasteiger partial charge in [0, 0.05) is 31.1 Å². The largest absolute Gasteiger partial charge is 0.490 e. The van der Waals surface area contributed by atoms with Crippen LogP contribution in [0.4, 0.5) is 45.3 Å². The molecule has 0 amide bonds. The molecule has 1 aliphatic heterocycles. The number of rotatable bonds is 2. The number of halogens is 9. The second-order valence-corrected chi connectivity index (χ2v) is 7.57. The quantitative estimate of drug-likeness (QED) is 0.386. The Kier molecular flexibility index (Phi) is 7.33. The van der Waals surface area contributed by atoms with Crippen LogP contribution in [0.3, 0.4) is 0 Å². The third-order valence-electron chi connectivity index (χ3n) is 5.11. The molecule has 36 heavy (non-hydrogen) atoms. The molecule has 0 spiro atoms. The molecule has 0 aliphatic carbocycles. The van der Waals surface area contributed by atoms with E-state index in [1.807, 2.05) is 0 Å². The first-order valence-electron chi connectivity index (χ1n) is 9.84. The molecule has 0 bridgehead atoms. The van der Waals surface area contributed by atoms with Crippen LogP contribution >= 0.6 is 0 Å². The number of carbonyl (C=O) groups is 1. The fourth-order valence-electron chi connectivity index (χ4n) is 3.46. The van der Waals surface area contributed by atoms with Gasteiger partial charge in [-0.05, 0) is 30.2 Å². The van der Waals surface area contributed by atoms with Crippen molar-refractivity contribution in [3.8, 4) is 0 Å². The molecular weight excluding hydrogens is 515 g/mol. The number of hydrogen-bond donors (Lipinski definition) is 2. The van der Waals surface area contributed by atoms with Gasteiger partial charge in [0.05, 0.1) is 0 Å². The highest BCUT2D eigenvalue weighted by Gasteiger charge is 2.38. The molecule has 4 rings (SSSR count). The minimum absolute atomic E-state index is 0.00874. The summed E-state index contributed by atoms with van der Waals surface area (Å²) in [5.74, 6) is -7.60. The van der Waals surface area contributed by atoms with Crippen molar-refractivity contribution in [2.24, 2.45) is 5.73 Å². The Bertz CT molecular complexity index is 1260. The zero-order chi connectivity index (χ0) is 27.0. The monoisotopic (exact) mass is 530 g/mol. The molecule has 0 unspecified atom stereocenters. The first-order valence-corrected chi connectivity index (χ1v) is 9.84. The molecule has 2 aromatic heterocycles. The van der Waals surface area contributed by atoms with Gasteiger partial charge in [0.2, 0.25) is 0 Å². The number of aliphatic carboxylic acids is 1. The molecule has 0 radical (unpaired) electrons. The number of piperidine rings is 1. The minimum atomic E-state index is -5.08. The molecule has 3 heterocycles. The molecule has 2 atom stereocenters. The summed E-state index contributed by atoms with van der Waals surface area (Å²) in [4.78, 5) is 14.0. The van der Waals surface area contributed by atoms with Crippen molar-refractivity contribution in [2.75, 3.05) is 18.0 Å². The maximum Gasteiger partial charge on any atom is 0.490 e. The van der Waals surface area contributed by atoms with E-state index < -0.39 is 53.6 Å². The molecule has 0 saturated carbocycles. The van der Waals surface area contributed by atoms with Crippen molar-refractivity contribution in [3.05, 3.63) is 53.1 Å². The molecule has 1 aliphatic rings. The molecule has 3 aromatic rings. The van der Waals surface area contributed by atoms with Gasteiger partial charge in [0.1, 0.15) is 5.82 Å². The number of carboxylic acids is 1. The molecule has 196 valence electrons. The lowest BCUT2D eigenvalue weighted by Gasteiger charge is -2.37. The van der Waals surface area contributed by atoms with E-state index in [1.54, 1.807) is 4.90 Å². The summed E-state index contributed by atoms with van der Waals surface area (Å²) in [6.07, 6.45) is -9.46. The highest BCUT2D eigenvalue weighted by Crippen LogP contribution is 2.32. The second kappa shape index (κ2) is 9.79. The summed E-state index contributed by atoms with van der Waals surface area (Å²) in [7, 11) is 0. The standard InChI is InChI=1S/C17H14F6N6.C2HF3O2/c18-10-6-12(20)11(19)5-9(10)8-3-4-28(7-13(8)24)15-2-1-14-25-16(17(21,22)23)27-29(14)26-15;3-2(4,5)1(6)7/h1-2,5-6,8,13H,3-4,7,24H2;(H,6,7)/t8-,13+;/m1./s1. The molecule has 1 fully saturated rings. The van der Waals surface area contributed by atoms with Crippen LogP contribution in [0.1, 0.15) is 23.7 Å². The zero-order valence-electron chi connectivity index (χ0n) is 17.7. The molecule has 8 nitrogen and oxygen atoms in total. The summed E-state index contributed by atoms with van der Waals surface area (Å²) in [6, 6.07) is 3.49. The van der Waals surface area contributed by atoms with Gasteiger partial charge in [-0.3, -0.25) is 0 Å². The van der Waals surface area contributed by atoms with Gasteiger partial charge >= 0.3 is 18.3 Å². The molecular formula is C19H15F9N6O2. The zero-order valence-corrected chi connectivity index (χ0v) is 17.7.